The average Bonchev–Trinajstić information content (AvgIpc) is 3.66. The Morgan fingerprint density at radius 2 is 1.82 bits per heavy atom. The maximum absolute atomic E-state index is 14.0. The number of nitrogens with one attached hydrogen (secondary N) is 1. The lowest BCUT2D eigenvalue weighted by molar-refractivity contribution is -0.156. The molecular formula is C31H41N3O10S. The van der Waals surface area contributed by atoms with E-state index in [0.29, 0.717) is 25.9 Å². The summed E-state index contributed by atoms with van der Waals surface area (Å²) < 4.78 is 50.8. The Morgan fingerprint density at radius 1 is 1.04 bits per heavy atom. The zero-order valence-corrected chi connectivity index (χ0v) is 25.8. The van der Waals surface area contributed by atoms with Crippen LogP contribution in [0, 0.1) is 5.92 Å². The van der Waals surface area contributed by atoms with Gasteiger partial charge in [0.05, 0.1) is 48.8 Å². The van der Waals surface area contributed by atoms with Gasteiger partial charge in [-0.2, -0.15) is 0 Å². The van der Waals surface area contributed by atoms with E-state index >= 15 is 0 Å². The molecule has 45 heavy (non-hydrogen) atoms. The topological polar surface area (TPSA) is 176 Å². The second-order valence-corrected chi connectivity index (χ2v) is 13.4. The van der Waals surface area contributed by atoms with E-state index in [2.05, 4.69) is 5.32 Å². The summed E-state index contributed by atoms with van der Waals surface area (Å²) in [6, 6.07) is 13.9. The zero-order chi connectivity index (χ0) is 31.8. The first kappa shape index (κ1) is 33.1. The van der Waals surface area contributed by atoms with E-state index in [0.717, 1.165) is 29.3 Å². The summed E-state index contributed by atoms with van der Waals surface area (Å²) in [7, 11) is -4.34. The molecule has 5 atom stereocenters. The van der Waals surface area contributed by atoms with Gasteiger partial charge >= 0.3 is 6.09 Å². The van der Waals surface area contributed by atoms with Crippen molar-refractivity contribution in [3.63, 3.8) is 0 Å². The van der Waals surface area contributed by atoms with Gasteiger partial charge in [-0.15, -0.1) is 0 Å². The molecule has 2 heterocycles. The Hall–Kier alpha value is -3.27. The van der Waals surface area contributed by atoms with Gasteiger partial charge in [-0.25, -0.2) is 13.2 Å². The molecule has 14 heteroatoms. The monoisotopic (exact) mass is 647 g/mol. The summed E-state index contributed by atoms with van der Waals surface area (Å²) in [5.41, 5.74) is 5.99. The predicted octanol–water partition coefficient (Wildman–Crippen LogP) is 2.27. The van der Waals surface area contributed by atoms with Crippen molar-refractivity contribution in [1.29, 1.82) is 0 Å². The van der Waals surface area contributed by atoms with Crippen LogP contribution in [-0.2, 0) is 40.3 Å². The lowest BCUT2D eigenvalue weighted by Crippen LogP contribution is -2.51. The normalized spacial score (nSPS) is 23.3. The average molecular weight is 648 g/mol. The van der Waals surface area contributed by atoms with Crippen LogP contribution in [0.4, 0.5) is 4.79 Å². The van der Waals surface area contributed by atoms with Crippen LogP contribution in [0.5, 0.6) is 5.75 Å². The Labute approximate surface area is 262 Å². The SMILES string of the molecule is NC(=O)COc1cccc(S(=O)(=O)N(C[C@@H](O)[C@H](Cc2ccccc2)NC(=O)OC2CO[C@H]3OCC[C@@H]23)OC2CCCCC2)c1. The zero-order valence-electron chi connectivity index (χ0n) is 25.0. The van der Waals surface area contributed by atoms with Crippen molar-refractivity contribution in [2.24, 2.45) is 11.7 Å². The quantitative estimate of drug-likeness (QED) is 0.258. The highest BCUT2D eigenvalue weighted by atomic mass is 32.2. The third-order valence-electron chi connectivity index (χ3n) is 8.22. The molecule has 2 amide bonds. The molecule has 2 saturated heterocycles. The van der Waals surface area contributed by atoms with Gasteiger partial charge in [0.1, 0.15) is 11.9 Å². The number of primary amides is 1. The van der Waals surface area contributed by atoms with Crippen LogP contribution in [0.2, 0.25) is 0 Å². The minimum Gasteiger partial charge on any atom is -0.484 e. The Bertz CT molecular complexity index is 1390. The number of aliphatic hydroxyl groups is 1. The number of aliphatic hydroxyl groups excluding tert-OH is 1. The number of sulfonamides is 1. The summed E-state index contributed by atoms with van der Waals surface area (Å²) in [4.78, 5) is 30.2. The highest BCUT2D eigenvalue weighted by molar-refractivity contribution is 7.89. The first-order valence-corrected chi connectivity index (χ1v) is 16.8. The number of ether oxygens (including phenoxy) is 4. The molecule has 3 aliphatic rings. The van der Waals surface area contributed by atoms with Gasteiger partial charge < -0.3 is 35.1 Å². The molecular weight excluding hydrogens is 606 g/mol. The Balaban J connectivity index is 1.35. The number of carbonyl (C=O) groups is 2. The summed E-state index contributed by atoms with van der Waals surface area (Å²) >= 11 is 0. The lowest BCUT2D eigenvalue weighted by Gasteiger charge is -2.32. The molecule has 1 aliphatic carbocycles. The molecule has 2 aromatic carbocycles. The van der Waals surface area contributed by atoms with Crippen molar-refractivity contribution in [2.45, 2.75) is 80.5 Å². The number of hydrogen-bond donors (Lipinski definition) is 3. The van der Waals surface area contributed by atoms with Gasteiger partial charge in [0.25, 0.3) is 15.9 Å². The van der Waals surface area contributed by atoms with Crippen LogP contribution >= 0.6 is 0 Å². The van der Waals surface area contributed by atoms with E-state index in [1.165, 1.54) is 24.3 Å². The smallest absolute Gasteiger partial charge is 0.407 e. The molecule has 1 saturated carbocycles. The number of fused-ring (bicyclic) bond motifs is 1. The molecule has 0 bridgehead atoms. The number of carbonyl (C=O) groups excluding carboxylic acids is 2. The summed E-state index contributed by atoms with van der Waals surface area (Å²) in [6.07, 6.45) is 1.62. The van der Waals surface area contributed by atoms with Crippen LogP contribution in [-0.4, -0.2) is 87.0 Å². The first-order valence-electron chi connectivity index (χ1n) is 15.3. The summed E-state index contributed by atoms with van der Waals surface area (Å²) in [5.74, 6) is -0.647. The molecule has 0 spiro atoms. The van der Waals surface area contributed by atoms with Crippen molar-refractivity contribution < 1.29 is 46.9 Å². The van der Waals surface area contributed by atoms with Crippen LogP contribution in [0.15, 0.2) is 59.5 Å². The Morgan fingerprint density at radius 3 is 2.58 bits per heavy atom. The highest BCUT2D eigenvalue weighted by Gasteiger charge is 2.44. The maximum atomic E-state index is 14.0. The van der Waals surface area contributed by atoms with Gasteiger partial charge in [-0.1, -0.05) is 60.1 Å². The molecule has 1 unspecified atom stereocenters. The fraction of sp³-hybridized carbons (Fsp3) is 0.548. The molecule has 0 radical (unpaired) electrons. The van der Waals surface area contributed by atoms with E-state index in [1.807, 2.05) is 30.3 Å². The first-order chi connectivity index (χ1) is 21.7. The van der Waals surface area contributed by atoms with Crippen LogP contribution in [0.3, 0.4) is 0 Å². The fourth-order valence-corrected chi connectivity index (χ4v) is 7.17. The number of nitrogens with two attached hydrogens (primary N) is 1. The molecule has 3 fully saturated rings. The molecule has 5 rings (SSSR count). The second kappa shape index (κ2) is 15.3. The minimum absolute atomic E-state index is 0.0690. The fourth-order valence-electron chi connectivity index (χ4n) is 5.83. The molecule has 2 aliphatic heterocycles. The van der Waals surface area contributed by atoms with Crippen LogP contribution < -0.4 is 15.8 Å². The largest absolute Gasteiger partial charge is 0.484 e. The molecule has 246 valence electrons. The number of nitrogens with zero attached hydrogens (tertiary/aromatic N) is 1. The lowest BCUT2D eigenvalue weighted by atomic mass is 9.98. The molecule has 13 nitrogen and oxygen atoms in total. The number of alkyl carbamates (subject to hydrolysis) is 1. The standard InChI is InChI=1S/C31H41N3O10S/c32-29(36)20-41-23-12-7-13-24(17-23)45(38,39)34(44-22-10-5-2-6-11-22)18-27(35)26(16-21-8-3-1-4-9-21)33-31(37)43-28-19-42-30-25(28)14-15-40-30/h1,3-4,7-9,12-13,17,22,25-28,30,35H,2,5-6,10-11,14-16,18-20H2,(H2,32,36)(H,33,37)/t25-,26-,27+,28?,30+/m0/s1. The number of rotatable bonds is 14. The van der Waals surface area contributed by atoms with E-state index in [-0.39, 0.29) is 35.7 Å². The van der Waals surface area contributed by atoms with Crippen molar-refractivity contribution in [3.8, 4) is 5.75 Å². The van der Waals surface area contributed by atoms with Crippen LogP contribution in [0.25, 0.3) is 0 Å². The predicted molar refractivity (Wildman–Crippen MR) is 160 cm³/mol. The number of benzene rings is 2. The van der Waals surface area contributed by atoms with Crippen molar-refractivity contribution in [3.05, 3.63) is 60.2 Å². The van der Waals surface area contributed by atoms with Crippen molar-refractivity contribution in [2.75, 3.05) is 26.4 Å². The van der Waals surface area contributed by atoms with E-state index in [1.54, 1.807) is 0 Å². The maximum Gasteiger partial charge on any atom is 0.407 e. The summed E-state index contributed by atoms with van der Waals surface area (Å²) in [6.45, 7) is -0.168. The number of hydrogen-bond acceptors (Lipinski definition) is 10. The van der Waals surface area contributed by atoms with E-state index < -0.39 is 59.7 Å². The van der Waals surface area contributed by atoms with Gasteiger partial charge in [-0.05, 0) is 43.4 Å². The van der Waals surface area contributed by atoms with E-state index in [9.17, 15) is 23.1 Å². The van der Waals surface area contributed by atoms with Gasteiger partial charge in [0, 0.05) is 6.07 Å². The summed E-state index contributed by atoms with van der Waals surface area (Å²) in [5, 5.41) is 14.3. The number of hydroxylamine groups is 1. The highest BCUT2D eigenvalue weighted by Crippen LogP contribution is 2.33. The van der Waals surface area contributed by atoms with Crippen molar-refractivity contribution in [1.82, 2.24) is 9.79 Å². The van der Waals surface area contributed by atoms with Gasteiger partial charge in [0.2, 0.25) is 0 Å². The molecule has 4 N–H and O–H groups in total. The third-order valence-corrected chi connectivity index (χ3v) is 9.84. The van der Waals surface area contributed by atoms with Gasteiger partial charge in [0.15, 0.2) is 12.9 Å². The Kier molecular flexibility index (Phi) is 11.3. The second-order valence-electron chi connectivity index (χ2n) is 11.6. The van der Waals surface area contributed by atoms with Crippen LogP contribution in [0.1, 0.15) is 44.1 Å². The number of amides is 2. The minimum atomic E-state index is -4.34. The third kappa shape index (κ3) is 8.93. The molecule has 0 aromatic heterocycles. The van der Waals surface area contributed by atoms with Crippen molar-refractivity contribution >= 4 is 22.0 Å². The van der Waals surface area contributed by atoms with Gasteiger partial charge in [-0.3, -0.25) is 9.63 Å². The molecule has 2 aromatic rings. The van der Waals surface area contributed by atoms with E-state index in [4.69, 9.17) is 29.5 Å².